The summed E-state index contributed by atoms with van der Waals surface area (Å²) in [6.07, 6.45) is 1.84. The van der Waals surface area contributed by atoms with E-state index < -0.39 is 10.0 Å². The monoisotopic (exact) mass is 388 g/mol. The van der Waals surface area contributed by atoms with Crippen LogP contribution in [0.4, 0.5) is 0 Å². The van der Waals surface area contributed by atoms with Gasteiger partial charge in [0.25, 0.3) is 0 Å². The number of hydrogen-bond acceptors (Lipinski definition) is 3. The smallest absolute Gasteiger partial charge is 0.243 e. The van der Waals surface area contributed by atoms with Crippen molar-refractivity contribution >= 4 is 15.9 Å². The highest BCUT2D eigenvalue weighted by atomic mass is 32.2. The van der Waals surface area contributed by atoms with Gasteiger partial charge < -0.3 is 5.32 Å². The highest BCUT2D eigenvalue weighted by molar-refractivity contribution is 7.89. The molecule has 0 atom stereocenters. The number of unbranched alkanes of at least 4 members (excludes halogenated alkanes) is 1. The molecule has 1 N–H and O–H groups in total. The van der Waals surface area contributed by atoms with Crippen LogP contribution in [-0.4, -0.2) is 31.7 Å². The largest absolute Gasteiger partial charge is 0.355 e. The van der Waals surface area contributed by atoms with Crippen LogP contribution in [0, 0.1) is 13.8 Å². The number of nitrogens with zero attached hydrogens (tertiary/aromatic N) is 1. The number of benzene rings is 2. The molecule has 0 saturated carbocycles. The van der Waals surface area contributed by atoms with Gasteiger partial charge >= 0.3 is 0 Å². The Morgan fingerprint density at radius 3 is 2.37 bits per heavy atom. The van der Waals surface area contributed by atoms with Crippen LogP contribution in [-0.2, 0) is 21.4 Å². The molecule has 0 radical (unpaired) electrons. The molecule has 1 amide bonds. The zero-order valence-electron chi connectivity index (χ0n) is 16.2. The molecule has 0 spiro atoms. The van der Waals surface area contributed by atoms with Crippen LogP contribution in [0.15, 0.2) is 53.4 Å². The number of aryl methyl sites for hydroxylation is 2. The van der Waals surface area contributed by atoms with Crippen molar-refractivity contribution in [2.45, 2.75) is 45.1 Å². The maximum absolute atomic E-state index is 13.1. The first kappa shape index (κ1) is 21.1. The third-order valence-corrected chi connectivity index (χ3v) is 6.08. The van der Waals surface area contributed by atoms with E-state index in [0.29, 0.717) is 6.54 Å². The fraction of sp³-hybridized carbons (Fsp3) is 0.381. The molecular formula is C21H28N2O3S. The summed E-state index contributed by atoms with van der Waals surface area (Å²) in [5.74, 6) is -0.285. The Kier molecular flexibility index (Phi) is 7.56. The van der Waals surface area contributed by atoms with Crippen LogP contribution in [0.25, 0.3) is 0 Å². The molecule has 27 heavy (non-hydrogen) atoms. The highest BCUT2D eigenvalue weighted by Gasteiger charge is 2.26. The summed E-state index contributed by atoms with van der Waals surface area (Å²) in [5, 5.41) is 2.80. The van der Waals surface area contributed by atoms with E-state index in [1.807, 2.05) is 45.0 Å². The van der Waals surface area contributed by atoms with Crippen LogP contribution in [0.5, 0.6) is 0 Å². The summed E-state index contributed by atoms with van der Waals surface area (Å²) in [4.78, 5) is 12.5. The van der Waals surface area contributed by atoms with Gasteiger partial charge in [-0.25, -0.2) is 8.42 Å². The standard InChI is InChI=1S/C21H28N2O3S/c1-4-5-13-22-21(24)16-23(15-19-8-6-7-18(3)14-19)27(25,26)20-11-9-17(2)10-12-20/h6-12,14H,4-5,13,15-16H2,1-3H3,(H,22,24). The lowest BCUT2D eigenvalue weighted by Crippen LogP contribution is -2.40. The number of carbonyl (C=O) groups excluding carboxylic acids is 1. The van der Waals surface area contributed by atoms with Crippen molar-refractivity contribution < 1.29 is 13.2 Å². The van der Waals surface area contributed by atoms with Crippen molar-refractivity contribution in [2.75, 3.05) is 13.1 Å². The molecule has 0 bridgehead atoms. The molecule has 6 heteroatoms. The molecule has 0 aromatic heterocycles. The van der Waals surface area contributed by atoms with Gasteiger partial charge in [-0.05, 0) is 38.0 Å². The van der Waals surface area contributed by atoms with Crippen LogP contribution in [0.3, 0.4) is 0 Å². The molecule has 0 aliphatic heterocycles. The summed E-state index contributed by atoms with van der Waals surface area (Å²) >= 11 is 0. The second kappa shape index (κ2) is 9.67. The zero-order chi connectivity index (χ0) is 19.9. The molecule has 2 aromatic rings. The topological polar surface area (TPSA) is 66.5 Å². The maximum atomic E-state index is 13.1. The molecule has 5 nitrogen and oxygen atoms in total. The van der Waals surface area contributed by atoms with Crippen LogP contribution in [0.2, 0.25) is 0 Å². The van der Waals surface area contributed by atoms with E-state index in [0.717, 1.165) is 29.5 Å². The van der Waals surface area contributed by atoms with Gasteiger partial charge in [0.2, 0.25) is 15.9 Å². The Morgan fingerprint density at radius 1 is 1.04 bits per heavy atom. The Morgan fingerprint density at radius 2 is 1.74 bits per heavy atom. The number of nitrogens with one attached hydrogen (secondary N) is 1. The molecule has 146 valence electrons. The second-order valence-corrected chi connectivity index (χ2v) is 8.72. The zero-order valence-corrected chi connectivity index (χ0v) is 17.1. The lowest BCUT2D eigenvalue weighted by molar-refractivity contribution is -0.121. The number of sulfonamides is 1. The highest BCUT2D eigenvalue weighted by Crippen LogP contribution is 2.19. The summed E-state index contributed by atoms with van der Waals surface area (Å²) in [6, 6.07) is 14.4. The molecule has 0 fully saturated rings. The van der Waals surface area contributed by atoms with Crippen molar-refractivity contribution in [3.63, 3.8) is 0 Å². The molecule has 2 rings (SSSR count). The molecule has 0 saturated heterocycles. The molecule has 0 aliphatic rings. The van der Waals surface area contributed by atoms with Gasteiger partial charge in [0, 0.05) is 13.1 Å². The predicted octanol–water partition coefficient (Wildman–Crippen LogP) is 3.41. The summed E-state index contributed by atoms with van der Waals surface area (Å²) < 4.78 is 27.5. The third kappa shape index (κ3) is 6.19. The first-order chi connectivity index (χ1) is 12.8. The molecular weight excluding hydrogens is 360 g/mol. The van der Waals surface area contributed by atoms with E-state index in [2.05, 4.69) is 5.32 Å². The Balaban J connectivity index is 2.27. The molecule has 0 aliphatic carbocycles. The van der Waals surface area contributed by atoms with Gasteiger partial charge in [0.05, 0.1) is 11.4 Å². The van der Waals surface area contributed by atoms with Crippen LogP contribution >= 0.6 is 0 Å². The van der Waals surface area contributed by atoms with Crippen molar-refractivity contribution in [3.05, 3.63) is 65.2 Å². The molecule has 0 unspecified atom stereocenters. The lowest BCUT2D eigenvalue weighted by atomic mass is 10.1. The third-order valence-electron chi connectivity index (χ3n) is 4.27. The number of hydrogen-bond donors (Lipinski definition) is 1. The number of rotatable bonds is 9. The fourth-order valence-electron chi connectivity index (χ4n) is 2.72. The van der Waals surface area contributed by atoms with Crippen molar-refractivity contribution in [1.29, 1.82) is 0 Å². The Hall–Kier alpha value is -2.18. The first-order valence-electron chi connectivity index (χ1n) is 9.22. The summed E-state index contributed by atoms with van der Waals surface area (Å²) in [5.41, 5.74) is 2.89. The van der Waals surface area contributed by atoms with E-state index in [9.17, 15) is 13.2 Å². The average Bonchev–Trinajstić information content (AvgIpc) is 2.62. The Labute approximate surface area is 162 Å². The summed E-state index contributed by atoms with van der Waals surface area (Å²) in [7, 11) is -3.78. The SMILES string of the molecule is CCCCNC(=O)CN(Cc1cccc(C)c1)S(=O)(=O)c1ccc(C)cc1. The van der Waals surface area contributed by atoms with Gasteiger partial charge in [-0.15, -0.1) is 0 Å². The maximum Gasteiger partial charge on any atom is 0.243 e. The predicted molar refractivity (Wildman–Crippen MR) is 108 cm³/mol. The van der Waals surface area contributed by atoms with Crippen LogP contribution < -0.4 is 5.32 Å². The minimum atomic E-state index is -3.78. The first-order valence-corrected chi connectivity index (χ1v) is 10.7. The fourth-order valence-corrected chi connectivity index (χ4v) is 4.10. The molecule has 2 aromatic carbocycles. The van der Waals surface area contributed by atoms with E-state index in [1.165, 1.54) is 4.31 Å². The van der Waals surface area contributed by atoms with E-state index in [-0.39, 0.29) is 23.9 Å². The average molecular weight is 389 g/mol. The van der Waals surface area contributed by atoms with Gasteiger partial charge in [-0.3, -0.25) is 4.79 Å². The van der Waals surface area contributed by atoms with Crippen molar-refractivity contribution in [3.8, 4) is 0 Å². The lowest BCUT2D eigenvalue weighted by Gasteiger charge is -2.22. The normalized spacial score (nSPS) is 11.6. The van der Waals surface area contributed by atoms with Gasteiger partial charge in [-0.1, -0.05) is 60.9 Å². The van der Waals surface area contributed by atoms with Crippen molar-refractivity contribution in [2.24, 2.45) is 0 Å². The van der Waals surface area contributed by atoms with E-state index >= 15 is 0 Å². The quantitative estimate of drug-likeness (QED) is 0.670. The minimum absolute atomic E-state index is 0.152. The van der Waals surface area contributed by atoms with E-state index in [1.54, 1.807) is 24.3 Å². The second-order valence-electron chi connectivity index (χ2n) is 6.78. The van der Waals surface area contributed by atoms with E-state index in [4.69, 9.17) is 0 Å². The number of carbonyl (C=O) groups is 1. The van der Waals surface area contributed by atoms with Crippen molar-refractivity contribution in [1.82, 2.24) is 9.62 Å². The van der Waals surface area contributed by atoms with Crippen LogP contribution in [0.1, 0.15) is 36.5 Å². The van der Waals surface area contributed by atoms with Gasteiger partial charge in [0.15, 0.2) is 0 Å². The minimum Gasteiger partial charge on any atom is -0.355 e. The molecule has 0 heterocycles. The number of amides is 1. The summed E-state index contributed by atoms with van der Waals surface area (Å²) in [6.45, 7) is 6.41. The van der Waals surface area contributed by atoms with Gasteiger partial charge in [-0.2, -0.15) is 4.31 Å². The Bertz CT molecular complexity index is 861. The van der Waals surface area contributed by atoms with Gasteiger partial charge in [0.1, 0.15) is 0 Å².